The van der Waals surface area contributed by atoms with E-state index in [1.165, 1.54) is 12.1 Å². The summed E-state index contributed by atoms with van der Waals surface area (Å²) in [6.45, 7) is -2.15. The van der Waals surface area contributed by atoms with E-state index in [0.717, 1.165) is 11.1 Å². The highest BCUT2D eigenvalue weighted by molar-refractivity contribution is 5.94. The Balaban J connectivity index is 1.78. The van der Waals surface area contributed by atoms with Crippen LogP contribution in [0.25, 0.3) is 0 Å². The van der Waals surface area contributed by atoms with Crippen LogP contribution in [-0.2, 0) is 13.0 Å². The van der Waals surface area contributed by atoms with Crippen LogP contribution in [0.1, 0.15) is 21.5 Å². The minimum atomic E-state index is -2.85. The summed E-state index contributed by atoms with van der Waals surface area (Å²) in [7, 11) is 0. The van der Waals surface area contributed by atoms with Crippen LogP contribution in [0.15, 0.2) is 48.5 Å². The van der Waals surface area contributed by atoms with Gasteiger partial charge in [0.25, 0.3) is 5.91 Å². The quantitative estimate of drug-likeness (QED) is 0.672. The van der Waals surface area contributed by atoms with Gasteiger partial charge >= 0.3 is 12.6 Å². The molecule has 0 aromatic heterocycles. The van der Waals surface area contributed by atoms with E-state index in [0.29, 0.717) is 25.1 Å². The molecule has 0 aliphatic carbocycles. The molecule has 2 aromatic rings. The van der Waals surface area contributed by atoms with Crippen molar-refractivity contribution in [2.24, 2.45) is 5.73 Å². The summed E-state index contributed by atoms with van der Waals surface area (Å²) >= 11 is 0. The van der Waals surface area contributed by atoms with Crippen molar-refractivity contribution in [2.45, 2.75) is 19.6 Å². The molecule has 0 radical (unpaired) electrons. The fraction of sp³-hybridized carbons (Fsp3) is 0.222. The van der Waals surface area contributed by atoms with Gasteiger partial charge in [-0.15, -0.1) is 0 Å². The summed E-state index contributed by atoms with van der Waals surface area (Å²) in [5.74, 6) is -0.129. The molecule has 0 heterocycles. The van der Waals surface area contributed by atoms with Gasteiger partial charge in [-0.05, 0) is 41.8 Å². The lowest BCUT2D eigenvalue weighted by Crippen LogP contribution is -2.28. The molecular weight excluding hydrogens is 344 g/mol. The van der Waals surface area contributed by atoms with Gasteiger partial charge in [-0.1, -0.05) is 24.3 Å². The molecule has 0 saturated carbocycles. The van der Waals surface area contributed by atoms with Gasteiger partial charge in [0.15, 0.2) is 0 Å². The highest BCUT2D eigenvalue weighted by atomic mass is 19.3. The first-order valence-electron chi connectivity index (χ1n) is 7.88. The molecule has 26 heavy (non-hydrogen) atoms. The number of amides is 3. The van der Waals surface area contributed by atoms with Crippen LogP contribution in [0, 0.1) is 0 Å². The zero-order valence-corrected chi connectivity index (χ0v) is 13.9. The summed E-state index contributed by atoms with van der Waals surface area (Å²) in [5, 5.41) is 5.25. The monoisotopic (exact) mass is 363 g/mol. The number of carbonyl (C=O) groups excluding carboxylic acids is 2. The lowest BCUT2D eigenvalue weighted by molar-refractivity contribution is -0.0498. The lowest BCUT2D eigenvalue weighted by Gasteiger charge is -2.08. The number of urea groups is 1. The Morgan fingerprint density at radius 1 is 0.962 bits per heavy atom. The Hall–Kier alpha value is -3.16. The SMILES string of the molecule is NC(=O)NCc1ccc(C(=O)NCCc2ccc(OC(F)F)cc2)cc1. The third-order valence-electron chi connectivity index (χ3n) is 3.53. The number of rotatable bonds is 8. The van der Waals surface area contributed by atoms with Crippen molar-refractivity contribution >= 4 is 11.9 Å². The molecule has 0 fully saturated rings. The molecule has 6 nitrogen and oxygen atoms in total. The molecule has 0 atom stereocenters. The van der Waals surface area contributed by atoms with Gasteiger partial charge in [0.1, 0.15) is 5.75 Å². The summed E-state index contributed by atoms with van der Waals surface area (Å²) in [5.41, 5.74) is 7.20. The molecule has 3 amide bonds. The van der Waals surface area contributed by atoms with E-state index in [-0.39, 0.29) is 11.7 Å². The van der Waals surface area contributed by atoms with Gasteiger partial charge in [0.2, 0.25) is 0 Å². The topological polar surface area (TPSA) is 93.5 Å². The minimum Gasteiger partial charge on any atom is -0.435 e. The minimum absolute atomic E-state index is 0.0960. The molecule has 0 aliphatic rings. The number of carbonyl (C=O) groups is 2. The second-order valence-electron chi connectivity index (χ2n) is 5.44. The van der Waals surface area contributed by atoms with E-state index in [4.69, 9.17) is 5.73 Å². The molecule has 0 aliphatic heterocycles. The van der Waals surface area contributed by atoms with Crippen LogP contribution in [-0.4, -0.2) is 25.1 Å². The largest absolute Gasteiger partial charge is 0.435 e. The number of hydrogen-bond donors (Lipinski definition) is 3. The third-order valence-corrected chi connectivity index (χ3v) is 3.53. The first kappa shape index (κ1) is 19.2. The van der Waals surface area contributed by atoms with E-state index < -0.39 is 12.6 Å². The first-order valence-corrected chi connectivity index (χ1v) is 7.88. The fourth-order valence-corrected chi connectivity index (χ4v) is 2.22. The molecule has 8 heteroatoms. The van der Waals surface area contributed by atoms with Gasteiger partial charge in [-0.2, -0.15) is 8.78 Å². The maximum absolute atomic E-state index is 12.1. The maximum atomic E-state index is 12.1. The lowest BCUT2D eigenvalue weighted by atomic mass is 10.1. The second-order valence-corrected chi connectivity index (χ2v) is 5.44. The zero-order chi connectivity index (χ0) is 18.9. The average molecular weight is 363 g/mol. The van der Waals surface area contributed by atoms with Gasteiger partial charge in [0, 0.05) is 18.7 Å². The molecule has 2 rings (SSSR count). The fourth-order valence-electron chi connectivity index (χ4n) is 2.22. The van der Waals surface area contributed by atoms with E-state index in [1.54, 1.807) is 36.4 Å². The number of halogens is 2. The van der Waals surface area contributed by atoms with Crippen molar-refractivity contribution in [1.29, 1.82) is 0 Å². The molecule has 2 aromatic carbocycles. The van der Waals surface area contributed by atoms with Crippen molar-refractivity contribution in [1.82, 2.24) is 10.6 Å². The predicted molar refractivity (Wildman–Crippen MR) is 92.0 cm³/mol. The number of benzene rings is 2. The van der Waals surface area contributed by atoms with Crippen molar-refractivity contribution in [2.75, 3.05) is 6.54 Å². The average Bonchev–Trinajstić information content (AvgIpc) is 2.61. The first-order chi connectivity index (χ1) is 12.4. The standard InChI is InChI=1S/C18H19F2N3O3/c19-17(20)26-15-7-3-12(4-8-15)9-10-22-16(24)14-5-1-13(2-6-14)11-23-18(21)25/h1-8,17H,9-11H2,(H,22,24)(H3,21,23,25). The van der Waals surface area contributed by atoms with Crippen LogP contribution >= 0.6 is 0 Å². The van der Waals surface area contributed by atoms with Crippen molar-refractivity contribution in [3.63, 3.8) is 0 Å². The second kappa shape index (κ2) is 9.36. The van der Waals surface area contributed by atoms with E-state index in [1.807, 2.05) is 0 Å². The highest BCUT2D eigenvalue weighted by Crippen LogP contribution is 2.15. The molecular formula is C18H19F2N3O3. The zero-order valence-electron chi connectivity index (χ0n) is 13.9. The Morgan fingerprint density at radius 3 is 2.15 bits per heavy atom. The number of primary amides is 1. The van der Waals surface area contributed by atoms with Crippen molar-refractivity contribution in [3.05, 3.63) is 65.2 Å². The molecule has 4 N–H and O–H groups in total. The Labute approximate surface area is 149 Å². The number of alkyl halides is 2. The number of nitrogens with two attached hydrogens (primary N) is 1. The van der Waals surface area contributed by atoms with Crippen molar-refractivity contribution in [3.8, 4) is 5.75 Å². The van der Waals surface area contributed by atoms with E-state index in [2.05, 4.69) is 15.4 Å². The Morgan fingerprint density at radius 2 is 1.58 bits per heavy atom. The molecule has 0 spiro atoms. The summed E-state index contributed by atoms with van der Waals surface area (Å²) in [6.07, 6.45) is 0.557. The van der Waals surface area contributed by atoms with Crippen LogP contribution in [0.4, 0.5) is 13.6 Å². The number of ether oxygens (including phenoxy) is 1. The molecule has 0 bridgehead atoms. The van der Waals surface area contributed by atoms with Gasteiger partial charge in [0.05, 0.1) is 0 Å². The molecule has 0 unspecified atom stereocenters. The summed E-state index contributed by atoms with van der Waals surface area (Å²) in [4.78, 5) is 22.7. The van der Waals surface area contributed by atoms with Crippen molar-refractivity contribution < 1.29 is 23.1 Å². The van der Waals surface area contributed by atoms with Gasteiger partial charge in [-0.25, -0.2) is 4.79 Å². The Bertz CT molecular complexity index is 734. The molecule has 0 saturated heterocycles. The third kappa shape index (κ3) is 6.39. The Kier molecular flexibility index (Phi) is 6.90. The number of hydrogen-bond acceptors (Lipinski definition) is 3. The van der Waals surface area contributed by atoms with Crippen LogP contribution in [0.3, 0.4) is 0 Å². The van der Waals surface area contributed by atoms with Crippen LogP contribution < -0.4 is 21.1 Å². The normalized spacial score (nSPS) is 10.4. The van der Waals surface area contributed by atoms with E-state index in [9.17, 15) is 18.4 Å². The van der Waals surface area contributed by atoms with Gasteiger partial charge < -0.3 is 21.1 Å². The van der Waals surface area contributed by atoms with Crippen LogP contribution in [0.5, 0.6) is 5.75 Å². The molecule has 138 valence electrons. The summed E-state index contributed by atoms with van der Waals surface area (Å²) in [6, 6.07) is 12.4. The number of nitrogens with one attached hydrogen (secondary N) is 2. The van der Waals surface area contributed by atoms with Crippen LogP contribution in [0.2, 0.25) is 0 Å². The highest BCUT2D eigenvalue weighted by Gasteiger charge is 2.06. The summed E-state index contributed by atoms with van der Waals surface area (Å²) < 4.78 is 28.4. The maximum Gasteiger partial charge on any atom is 0.387 e. The predicted octanol–water partition coefficient (Wildman–Crippen LogP) is 2.43. The smallest absolute Gasteiger partial charge is 0.387 e. The van der Waals surface area contributed by atoms with Gasteiger partial charge in [-0.3, -0.25) is 4.79 Å². The van der Waals surface area contributed by atoms with E-state index >= 15 is 0 Å².